The topological polar surface area (TPSA) is 15.3 Å². The highest BCUT2D eigenvalue weighted by atomic mass is 32.2. The van der Waals surface area contributed by atoms with Gasteiger partial charge in [-0.15, -0.1) is 0 Å². The Bertz CT molecular complexity index is 406. The number of nitrogens with zero attached hydrogens (tertiary/aromatic N) is 1. The van der Waals surface area contributed by atoms with E-state index in [-0.39, 0.29) is 0 Å². The molecule has 1 atom stereocenters. The normalized spacial score (nSPS) is 20.5. The molecule has 1 fully saturated rings. The summed E-state index contributed by atoms with van der Waals surface area (Å²) in [6.07, 6.45) is 1.29. The third kappa shape index (κ3) is 4.80. The van der Waals surface area contributed by atoms with Crippen molar-refractivity contribution in [3.8, 4) is 0 Å². The molecular formula is C17H28N2S. The predicted molar refractivity (Wildman–Crippen MR) is 90.2 cm³/mol. The number of nitrogens with one attached hydrogen (secondary N) is 1. The Morgan fingerprint density at radius 3 is 2.75 bits per heavy atom. The van der Waals surface area contributed by atoms with Gasteiger partial charge in [0, 0.05) is 43.2 Å². The van der Waals surface area contributed by atoms with Gasteiger partial charge >= 0.3 is 0 Å². The zero-order valence-corrected chi connectivity index (χ0v) is 13.9. The van der Waals surface area contributed by atoms with Gasteiger partial charge in [-0.25, -0.2) is 0 Å². The van der Waals surface area contributed by atoms with E-state index in [2.05, 4.69) is 67.0 Å². The van der Waals surface area contributed by atoms with Gasteiger partial charge in [0.25, 0.3) is 0 Å². The van der Waals surface area contributed by atoms with Gasteiger partial charge in [0.2, 0.25) is 0 Å². The van der Waals surface area contributed by atoms with Crippen LogP contribution in [0.4, 0.5) is 0 Å². The fraction of sp³-hybridized carbons (Fsp3) is 0.647. The van der Waals surface area contributed by atoms with Crippen LogP contribution in [-0.4, -0.2) is 35.0 Å². The SMILES string of the molecule is CCC1CN(Cc2ccccc2CNC(C)C)CCS1. The van der Waals surface area contributed by atoms with E-state index in [0.29, 0.717) is 6.04 Å². The van der Waals surface area contributed by atoms with Gasteiger partial charge in [-0.2, -0.15) is 11.8 Å². The minimum absolute atomic E-state index is 0.541. The molecule has 1 aliphatic heterocycles. The van der Waals surface area contributed by atoms with Crippen LogP contribution in [0.5, 0.6) is 0 Å². The van der Waals surface area contributed by atoms with Crippen LogP contribution in [0.1, 0.15) is 38.3 Å². The first-order valence-electron chi connectivity index (χ1n) is 7.83. The van der Waals surface area contributed by atoms with E-state index in [4.69, 9.17) is 0 Å². The highest BCUT2D eigenvalue weighted by Gasteiger charge is 2.19. The number of hydrogen-bond donors (Lipinski definition) is 1. The Kier molecular flexibility index (Phi) is 6.40. The van der Waals surface area contributed by atoms with Crippen molar-refractivity contribution in [1.82, 2.24) is 10.2 Å². The van der Waals surface area contributed by atoms with Gasteiger partial charge < -0.3 is 5.32 Å². The second-order valence-electron chi connectivity index (χ2n) is 5.94. The second-order valence-corrected chi connectivity index (χ2v) is 7.35. The lowest BCUT2D eigenvalue weighted by Gasteiger charge is -2.32. The molecule has 20 heavy (non-hydrogen) atoms. The summed E-state index contributed by atoms with van der Waals surface area (Å²) in [4.78, 5) is 2.62. The lowest BCUT2D eigenvalue weighted by atomic mass is 10.1. The summed E-state index contributed by atoms with van der Waals surface area (Å²) >= 11 is 2.14. The molecular weight excluding hydrogens is 264 g/mol. The van der Waals surface area contributed by atoms with Crippen molar-refractivity contribution < 1.29 is 0 Å². The van der Waals surface area contributed by atoms with Crippen LogP contribution in [-0.2, 0) is 13.1 Å². The van der Waals surface area contributed by atoms with E-state index in [1.54, 1.807) is 0 Å². The number of rotatable bonds is 6. The summed E-state index contributed by atoms with van der Waals surface area (Å²) in [5.41, 5.74) is 2.94. The molecule has 1 saturated heterocycles. The van der Waals surface area contributed by atoms with Crippen molar-refractivity contribution in [3.63, 3.8) is 0 Å². The van der Waals surface area contributed by atoms with E-state index in [1.165, 1.54) is 36.4 Å². The fourth-order valence-electron chi connectivity index (χ4n) is 2.61. The van der Waals surface area contributed by atoms with Crippen molar-refractivity contribution in [2.24, 2.45) is 0 Å². The van der Waals surface area contributed by atoms with Crippen LogP contribution in [0.3, 0.4) is 0 Å². The smallest absolute Gasteiger partial charge is 0.0237 e. The number of benzene rings is 1. The van der Waals surface area contributed by atoms with Gasteiger partial charge in [-0.3, -0.25) is 4.90 Å². The largest absolute Gasteiger partial charge is 0.310 e. The molecule has 2 rings (SSSR count). The molecule has 1 heterocycles. The monoisotopic (exact) mass is 292 g/mol. The van der Waals surface area contributed by atoms with Crippen LogP contribution in [0.2, 0.25) is 0 Å². The van der Waals surface area contributed by atoms with E-state index in [1.807, 2.05) is 0 Å². The Balaban J connectivity index is 1.97. The molecule has 0 bridgehead atoms. The molecule has 2 nitrogen and oxygen atoms in total. The minimum Gasteiger partial charge on any atom is -0.310 e. The molecule has 0 amide bonds. The first kappa shape index (κ1) is 15.9. The summed E-state index contributed by atoms with van der Waals surface area (Å²) in [6.45, 7) is 11.3. The van der Waals surface area contributed by atoms with E-state index < -0.39 is 0 Å². The predicted octanol–water partition coefficient (Wildman–Crippen LogP) is 3.51. The van der Waals surface area contributed by atoms with Crippen LogP contribution < -0.4 is 5.32 Å². The fourth-order valence-corrected chi connectivity index (χ4v) is 3.86. The van der Waals surface area contributed by atoms with Crippen molar-refractivity contribution in [1.29, 1.82) is 0 Å². The summed E-state index contributed by atoms with van der Waals surface area (Å²) in [7, 11) is 0. The number of hydrogen-bond acceptors (Lipinski definition) is 3. The van der Waals surface area contributed by atoms with E-state index in [0.717, 1.165) is 18.3 Å². The molecule has 1 aliphatic rings. The van der Waals surface area contributed by atoms with Crippen LogP contribution in [0.15, 0.2) is 24.3 Å². The van der Waals surface area contributed by atoms with Gasteiger partial charge in [-0.05, 0) is 17.5 Å². The maximum atomic E-state index is 3.54. The highest BCUT2D eigenvalue weighted by Crippen LogP contribution is 2.23. The van der Waals surface area contributed by atoms with Crippen molar-refractivity contribution in [2.45, 2.75) is 51.6 Å². The van der Waals surface area contributed by atoms with Gasteiger partial charge in [0.1, 0.15) is 0 Å². The molecule has 0 aromatic heterocycles. The first-order chi connectivity index (χ1) is 9.69. The Hall–Kier alpha value is -0.510. The second kappa shape index (κ2) is 8.06. The minimum atomic E-state index is 0.541. The summed E-state index contributed by atoms with van der Waals surface area (Å²) in [5, 5.41) is 4.36. The van der Waals surface area contributed by atoms with Gasteiger partial charge in [0.15, 0.2) is 0 Å². The molecule has 3 heteroatoms. The molecule has 1 aromatic carbocycles. The maximum absolute atomic E-state index is 3.54. The quantitative estimate of drug-likeness (QED) is 0.864. The molecule has 0 spiro atoms. The molecule has 112 valence electrons. The lowest BCUT2D eigenvalue weighted by molar-refractivity contribution is 0.272. The van der Waals surface area contributed by atoms with Crippen LogP contribution >= 0.6 is 11.8 Å². The third-order valence-electron chi connectivity index (χ3n) is 3.89. The zero-order chi connectivity index (χ0) is 14.4. The van der Waals surface area contributed by atoms with Crippen molar-refractivity contribution in [2.75, 3.05) is 18.8 Å². The Morgan fingerprint density at radius 1 is 1.30 bits per heavy atom. The molecule has 1 aromatic rings. The molecule has 1 N–H and O–H groups in total. The highest BCUT2D eigenvalue weighted by molar-refractivity contribution is 8.00. The molecule has 0 saturated carbocycles. The molecule has 0 aliphatic carbocycles. The maximum Gasteiger partial charge on any atom is 0.0237 e. The zero-order valence-electron chi connectivity index (χ0n) is 13.1. The van der Waals surface area contributed by atoms with Crippen LogP contribution in [0, 0.1) is 0 Å². The van der Waals surface area contributed by atoms with Crippen LogP contribution in [0.25, 0.3) is 0 Å². The Labute approximate surface area is 128 Å². The van der Waals surface area contributed by atoms with Crippen molar-refractivity contribution >= 4 is 11.8 Å². The summed E-state index contributed by atoms with van der Waals surface area (Å²) < 4.78 is 0. The Morgan fingerprint density at radius 2 is 2.05 bits per heavy atom. The average Bonchev–Trinajstić information content (AvgIpc) is 2.46. The van der Waals surface area contributed by atoms with Crippen molar-refractivity contribution in [3.05, 3.63) is 35.4 Å². The summed E-state index contributed by atoms with van der Waals surface area (Å²) in [6, 6.07) is 9.42. The third-order valence-corrected chi connectivity index (χ3v) is 5.26. The first-order valence-corrected chi connectivity index (χ1v) is 8.88. The van der Waals surface area contributed by atoms with Gasteiger partial charge in [0.05, 0.1) is 0 Å². The van der Waals surface area contributed by atoms with Gasteiger partial charge in [-0.1, -0.05) is 45.0 Å². The molecule has 1 unspecified atom stereocenters. The number of thioether (sulfide) groups is 1. The standard InChI is InChI=1S/C17H28N2S/c1-4-17-13-19(9-10-20-17)12-16-8-6-5-7-15(16)11-18-14(2)3/h5-8,14,17-18H,4,9-13H2,1-3H3. The summed E-state index contributed by atoms with van der Waals surface area (Å²) in [5.74, 6) is 1.28. The lowest BCUT2D eigenvalue weighted by Crippen LogP contribution is -2.37. The average molecular weight is 292 g/mol. The molecule has 0 radical (unpaired) electrons. The van der Waals surface area contributed by atoms with E-state index in [9.17, 15) is 0 Å². The van der Waals surface area contributed by atoms with E-state index >= 15 is 0 Å².